The molecule has 1 aromatic rings. The molecule has 5 heteroatoms. The lowest BCUT2D eigenvalue weighted by atomic mass is 10.0. The average molecular weight is 249 g/mol. The number of aryl methyl sites for hydroxylation is 1. The van der Waals surface area contributed by atoms with Gasteiger partial charge in [0.1, 0.15) is 0 Å². The molecule has 0 amide bonds. The van der Waals surface area contributed by atoms with Gasteiger partial charge in [0.2, 0.25) is 0 Å². The molecule has 0 bridgehead atoms. The maximum Gasteiger partial charge on any atom is 0.332 e. The average Bonchev–Trinajstić information content (AvgIpc) is 2.30. The first kappa shape index (κ1) is 14.0. The van der Waals surface area contributed by atoms with Crippen LogP contribution in [-0.4, -0.2) is 20.0 Å². The summed E-state index contributed by atoms with van der Waals surface area (Å²) >= 11 is 0. The van der Waals surface area contributed by atoms with Gasteiger partial charge in [0.05, 0.1) is 0 Å². The van der Waals surface area contributed by atoms with E-state index in [9.17, 15) is 17.6 Å². The molecule has 0 aliphatic carbocycles. The number of hydrogen-bond acceptors (Lipinski definition) is 1. The van der Waals surface area contributed by atoms with Gasteiger partial charge in [-0.05, 0) is 32.0 Å². The van der Waals surface area contributed by atoms with Crippen molar-refractivity contribution in [3.63, 3.8) is 0 Å². The minimum absolute atomic E-state index is 0.634. The van der Waals surface area contributed by atoms with Crippen LogP contribution in [0.1, 0.15) is 17.5 Å². The van der Waals surface area contributed by atoms with E-state index >= 15 is 0 Å². The van der Waals surface area contributed by atoms with Crippen LogP contribution in [0, 0.1) is 0 Å². The highest BCUT2D eigenvalue weighted by Crippen LogP contribution is 2.34. The SMILES string of the molecule is CNCCCc1ccc(C(F)(F)C(F)F)cc1. The van der Waals surface area contributed by atoms with E-state index in [1.54, 1.807) is 0 Å². The Balaban J connectivity index is 2.68. The Morgan fingerprint density at radius 1 is 1.18 bits per heavy atom. The Labute approximate surface area is 97.8 Å². The van der Waals surface area contributed by atoms with Crippen LogP contribution in [0.3, 0.4) is 0 Å². The third kappa shape index (κ3) is 3.70. The molecule has 0 aliphatic heterocycles. The summed E-state index contributed by atoms with van der Waals surface area (Å²) in [6.07, 6.45) is -2.06. The molecule has 17 heavy (non-hydrogen) atoms. The third-order valence-electron chi connectivity index (χ3n) is 2.51. The topological polar surface area (TPSA) is 12.0 Å². The van der Waals surface area contributed by atoms with E-state index in [4.69, 9.17) is 0 Å². The molecule has 0 unspecified atom stereocenters. The molecular weight excluding hydrogens is 234 g/mol. The van der Waals surface area contributed by atoms with Crippen LogP contribution in [0.15, 0.2) is 24.3 Å². The number of nitrogens with one attached hydrogen (secondary N) is 1. The largest absolute Gasteiger partial charge is 0.332 e. The summed E-state index contributed by atoms with van der Waals surface area (Å²) in [6.45, 7) is 0.828. The molecule has 0 saturated heterocycles. The number of hydrogen-bond donors (Lipinski definition) is 1. The summed E-state index contributed by atoms with van der Waals surface area (Å²) in [4.78, 5) is 0. The van der Waals surface area contributed by atoms with E-state index in [1.807, 2.05) is 7.05 Å². The van der Waals surface area contributed by atoms with E-state index in [-0.39, 0.29) is 0 Å². The molecule has 1 aromatic carbocycles. The fourth-order valence-electron chi connectivity index (χ4n) is 1.49. The van der Waals surface area contributed by atoms with Gasteiger partial charge in [0.15, 0.2) is 0 Å². The normalized spacial score (nSPS) is 12.1. The molecule has 0 spiro atoms. The van der Waals surface area contributed by atoms with E-state index in [0.717, 1.165) is 37.1 Å². The molecule has 0 atom stereocenters. The molecule has 0 saturated carbocycles. The smallest absolute Gasteiger partial charge is 0.320 e. The van der Waals surface area contributed by atoms with Crippen molar-refractivity contribution in [2.24, 2.45) is 0 Å². The van der Waals surface area contributed by atoms with Gasteiger partial charge < -0.3 is 5.32 Å². The number of halogens is 4. The lowest BCUT2D eigenvalue weighted by Crippen LogP contribution is -2.23. The van der Waals surface area contributed by atoms with Crippen LogP contribution in [0.5, 0.6) is 0 Å². The fraction of sp³-hybridized carbons (Fsp3) is 0.500. The molecule has 0 fully saturated rings. The molecule has 1 rings (SSSR count). The predicted octanol–water partition coefficient (Wildman–Crippen LogP) is 3.20. The predicted molar refractivity (Wildman–Crippen MR) is 58.6 cm³/mol. The summed E-state index contributed by atoms with van der Waals surface area (Å²) in [5.74, 6) is -4.07. The fourth-order valence-corrected chi connectivity index (χ4v) is 1.49. The van der Waals surface area contributed by atoms with E-state index in [0.29, 0.717) is 0 Å². The summed E-state index contributed by atoms with van der Waals surface area (Å²) in [5, 5.41) is 2.97. The Morgan fingerprint density at radius 2 is 1.76 bits per heavy atom. The third-order valence-corrected chi connectivity index (χ3v) is 2.51. The van der Waals surface area contributed by atoms with E-state index in [2.05, 4.69) is 5.32 Å². The van der Waals surface area contributed by atoms with Crippen molar-refractivity contribution in [1.82, 2.24) is 5.32 Å². The van der Waals surface area contributed by atoms with Crippen LogP contribution in [0.2, 0.25) is 0 Å². The van der Waals surface area contributed by atoms with Crippen molar-refractivity contribution in [2.45, 2.75) is 25.2 Å². The van der Waals surface area contributed by atoms with Crippen molar-refractivity contribution in [2.75, 3.05) is 13.6 Å². The minimum atomic E-state index is -4.07. The second-order valence-electron chi connectivity index (χ2n) is 3.83. The monoisotopic (exact) mass is 249 g/mol. The molecule has 0 aromatic heterocycles. The first-order chi connectivity index (χ1) is 7.98. The summed E-state index contributed by atoms with van der Waals surface area (Å²) in [6, 6.07) is 5.09. The first-order valence-corrected chi connectivity index (χ1v) is 5.38. The highest BCUT2D eigenvalue weighted by atomic mass is 19.3. The summed E-state index contributed by atoms with van der Waals surface area (Å²) < 4.78 is 50.1. The molecule has 0 aliphatic rings. The van der Waals surface area contributed by atoms with Crippen molar-refractivity contribution < 1.29 is 17.6 Å². The molecular formula is C12H15F4N. The van der Waals surface area contributed by atoms with Gasteiger partial charge in [-0.25, -0.2) is 8.78 Å². The first-order valence-electron chi connectivity index (χ1n) is 5.38. The second kappa shape index (κ2) is 6.00. The standard InChI is InChI=1S/C12H15F4N/c1-17-8-2-3-9-4-6-10(7-5-9)12(15,16)11(13)14/h4-7,11,17H,2-3,8H2,1H3. The molecule has 96 valence electrons. The zero-order chi connectivity index (χ0) is 12.9. The van der Waals surface area contributed by atoms with Gasteiger partial charge >= 0.3 is 12.3 Å². The van der Waals surface area contributed by atoms with Gasteiger partial charge in [0.25, 0.3) is 0 Å². The lowest BCUT2D eigenvalue weighted by Gasteiger charge is -2.15. The molecule has 1 nitrogen and oxygen atoms in total. The number of benzene rings is 1. The van der Waals surface area contributed by atoms with E-state index in [1.165, 1.54) is 12.1 Å². The van der Waals surface area contributed by atoms with Crippen molar-refractivity contribution in [1.29, 1.82) is 0 Å². The Bertz CT molecular complexity index is 335. The Kier molecular flexibility index (Phi) is 4.93. The Morgan fingerprint density at radius 3 is 2.24 bits per heavy atom. The Hall–Kier alpha value is -1.10. The highest BCUT2D eigenvalue weighted by molar-refractivity contribution is 5.26. The molecule has 0 radical (unpaired) electrons. The maximum atomic E-state index is 13.0. The molecule has 1 N–H and O–H groups in total. The minimum Gasteiger partial charge on any atom is -0.320 e. The quantitative estimate of drug-likeness (QED) is 0.603. The van der Waals surface area contributed by atoms with Crippen LogP contribution in [-0.2, 0) is 12.3 Å². The summed E-state index contributed by atoms with van der Waals surface area (Å²) in [5.41, 5.74) is 0.235. The highest BCUT2D eigenvalue weighted by Gasteiger charge is 2.42. The van der Waals surface area contributed by atoms with Crippen LogP contribution in [0.25, 0.3) is 0 Å². The van der Waals surface area contributed by atoms with Crippen LogP contribution < -0.4 is 5.32 Å². The van der Waals surface area contributed by atoms with Gasteiger partial charge in [-0.2, -0.15) is 8.78 Å². The zero-order valence-electron chi connectivity index (χ0n) is 9.52. The van der Waals surface area contributed by atoms with Crippen molar-refractivity contribution in [3.05, 3.63) is 35.4 Å². The van der Waals surface area contributed by atoms with E-state index < -0.39 is 17.9 Å². The van der Waals surface area contributed by atoms with Crippen LogP contribution >= 0.6 is 0 Å². The van der Waals surface area contributed by atoms with Crippen molar-refractivity contribution >= 4 is 0 Å². The van der Waals surface area contributed by atoms with Gasteiger partial charge in [-0.15, -0.1) is 0 Å². The lowest BCUT2D eigenvalue weighted by molar-refractivity contribution is -0.135. The number of rotatable bonds is 6. The number of alkyl halides is 4. The van der Waals surface area contributed by atoms with Crippen LogP contribution in [0.4, 0.5) is 17.6 Å². The maximum absolute atomic E-state index is 13.0. The van der Waals surface area contributed by atoms with Gasteiger partial charge in [-0.1, -0.05) is 24.3 Å². The zero-order valence-corrected chi connectivity index (χ0v) is 9.52. The summed E-state index contributed by atoms with van der Waals surface area (Å²) in [7, 11) is 1.83. The second-order valence-corrected chi connectivity index (χ2v) is 3.83. The molecule has 0 heterocycles. The van der Waals surface area contributed by atoms with Gasteiger partial charge in [-0.3, -0.25) is 0 Å². The van der Waals surface area contributed by atoms with Crippen molar-refractivity contribution in [3.8, 4) is 0 Å². The van der Waals surface area contributed by atoms with Gasteiger partial charge in [0, 0.05) is 5.56 Å².